The van der Waals surface area contributed by atoms with Gasteiger partial charge in [-0.05, 0) is 26.0 Å². The van der Waals surface area contributed by atoms with E-state index in [0.29, 0.717) is 11.2 Å². The summed E-state index contributed by atoms with van der Waals surface area (Å²) in [5.41, 5.74) is -0.781. The summed E-state index contributed by atoms with van der Waals surface area (Å²) < 4.78 is 12.3. The summed E-state index contributed by atoms with van der Waals surface area (Å²) >= 11 is 0. The predicted molar refractivity (Wildman–Crippen MR) is 98.3 cm³/mol. The molecule has 152 valence electrons. The van der Waals surface area contributed by atoms with Crippen LogP contribution in [0.25, 0.3) is 5.52 Å². The molecule has 4 atom stereocenters. The van der Waals surface area contributed by atoms with Crippen molar-refractivity contribution in [3.05, 3.63) is 24.2 Å². The van der Waals surface area contributed by atoms with Crippen molar-refractivity contribution < 1.29 is 29.6 Å². The molecule has 11 nitrogen and oxygen atoms in total. The SMILES string of the molecule is CN=C[C@@]1(c2ccc3c(NC(=O)OC(C)C)ncnn23)O[C@H](CO)[C@@H](O)[C@H]1O. The van der Waals surface area contributed by atoms with Crippen molar-refractivity contribution in [1.29, 1.82) is 0 Å². The largest absolute Gasteiger partial charge is 0.447 e. The van der Waals surface area contributed by atoms with Gasteiger partial charge in [-0.15, -0.1) is 0 Å². The Hall–Kier alpha value is -2.60. The van der Waals surface area contributed by atoms with E-state index >= 15 is 0 Å². The molecule has 0 bridgehead atoms. The number of aliphatic hydroxyl groups is 3. The fourth-order valence-electron chi connectivity index (χ4n) is 3.23. The van der Waals surface area contributed by atoms with Crippen molar-refractivity contribution in [1.82, 2.24) is 14.6 Å². The second-order valence-electron chi connectivity index (χ2n) is 6.66. The normalized spacial score (nSPS) is 27.8. The van der Waals surface area contributed by atoms with E-state index < -0.39 is 36.6 Å². The minimum Gasteiger partial charge on any atom is -0.447 e. The van der Waals surface area contributed by atoms with E-state index in [1.165, 1.54) is 24.1 Å². The van der Waals surface area contributed by atoms with Crippen LogP contribution >= 0.6 is 0 Å². The van der Waals surface area contributed by atoms with E-state index in [0.717, 1.165) is 0 Å². The van der Waals surface area contributed by atoms with Crippen molar-refractivity contribution in [2.45, 2.75) is 43.9 Å². The van der Waals surface area contributed by atoms with Gasteiger partial charge in [-0.2, -0.15) is 5.10 Å². The van der Waals surface area contributed by atoms with Gasteiger partial charge in [0.2, 0.25) is 0 Å². The maximum absolute atomic E-state index is 11.9. The first-order valence-corrected chi connectivity index (χ1v) is 8.73. The first-order valence-electron chi connectivity index (χ1n) is 8.73. The number of carbonyl (C=O) groups excluding carboxylic acids is 1. The third-order valence-electron chi connectivity index (χ3n) is 4.41. The maximum Gasteiger partial charge on any atom is 0.413 e. The van der Waals surface area contributed by atoms with Crippen LogP contribution in [-0.2, 0) is 15.1 Å². The van der Waals surface area contributed by atoms with E-state index in [4.69, 9.17) is 9.47 Å². The molecule has 3 heterocycles. The molecule has 0 saturated carbocycles. The number of anilines is 1. The Labute approximate surface area is 160 Å². The summed E-state index contributed by atoms with van der Waals surface area (Å²) in [5.74, 6) is 0.197. The minimum absolute atomic E-state index is 0.197. The van der Waals surface area contributed by atoms with Crippen LogP contribution in [0, 0.1) is 0 Å². The number of rotatable bonds is 5. The lowest BCUT2D eigenvalue weighted by Crippen LogP contribution is -2.43. The number of aromatic nitrogens is 3. The molecule has 3 rings (SSSR count). The Morgan fingerprint density at radius 2 is 2.25 bits per heavy atom. The average molecular weight is 393 g/mol. The van der Waals surface area contributed by atoms with Gasteiger partial charge in [-0.3, -0.25) is 10.3 Å². The van der Waals surface area contributed by atoms with Gasteiger partial charge in [0.25, 0.3) is 0 Å². The molecule has 1 amide bonds. The van der Waals surface area contributed by atoms with Gasteiger partial charge in [0.15, 0.2) is 11.4 Å². The fraction of sp³-hybridized carbons (Fsp3) is 0.529. The molecule has 0 unspecified atom stereocenters. The van der Waals surface area contributed by atoms with Gasteiger partial charge < -0.3 is 24.8 Å². The van der Waals surface area contributed by atoms with Crippen molar-refractivity contribution in [2.75, 3.05) is 19.0 Å². The molecule has 1 aliphatic rings. The van der Waals surface area contributed by atoms with Gasteiger partial charge in [0, 0.05) is 13.3 Å². The van der Waals surface area contributed by atoms with Gasteiger partial charge in [0.1, 0.15) is 30.2 Å². The molecule has 4 N–H and O–H groups in total. The number of nitrogens with zero attached hydrogens (tertiary/aromatic N) is 4. The number of amides is 1. The summed E-state index contributed by atoms with van der Waals surface area (Å²) in [6, 6.07) is 3.24. The summed E-state index contributed by atoms with van der Waals surface area (Å²) in [5, 5.41) is 37.1. The first-order chi connectivity index (χ1) is 13.3. The fourth-order valence-corrected chi connectivity index (χ4v) is 3.23. The van der Waals surface area contributed by atoms with Gasteiger partial charge in [0.05, 0.1) is 18.4 Å². The molecule has 1 aliphatic heterocycles. The molecule has 2 aromatic heterocycles. The Morgan fingerprint density at radius 1 is 1.50 bits per heavy atom. The predicted octanol–water partition coefficient (Wildman–Crippen LogP) is -0.305. The highest BCUT2D eigenvalue weighted by atomic mass is 16.6. The summed E-state index contributed by atoms with van der Waals surface area (Å²) in [6.07, 6.45) is -2.13. The van der Waals surface area contributed by atoms with E-state index in [1.54, 1.807) is 26.0 Å². The van der Waals surface area contributed by atoms with E-state index in [9.17, 15) is 20.1 Å². The molecule has 11 heteroatoms. The van der Waals surface area contributed by atoms with Crippen LogP contribution in [0.4, 0.5) is 10.6 Å². The number of ether oxygens (including phenoxy) is 2. The third-order valence-corrected chi connectivity index (χ3v) is 4.41. The Kier molecular flexibility index (Phi) is 5.61. The molecule has 0 radical (unpaired) electrons. The van der Waals surface area contributed by atoms with Crippen LogP contribution in [0.2, 0.25) is 0 Å². The lowest BCUT2D eigenvalue weighted by Gasteiger charge is -2.27. The quantitative estimate of drug-likeness (QED) is 0.505. The third kappa shape index (κ3) is 3.33. The number of hydrogen-bond acceptors (Lipinski definition) is 9. The minimum atomic E-state index is -1.54. The summed E-state index contributed by atoms with van der Waals surface area (Å²) in [7, 11) is 1.50. The first kappa shape index (κ1) is 20.1. The second kappa shape index (κ2) is 7.80. The van der Waals surface area contributed by atoms with Crippen LogP contribution in [0.5, 0.6) is 0 Å². The van der Waals surface area contributed by atoms with Crippen LogP contribution in [0.15, 0.2) is 23.5 Å². The van der Waals surface area contributed by atoms with Crippen molar-refractivity contribution >= 4 is 23.6 Å². The molecule has 28 heavy (non-hydrogen) atoms. The monoisotopic (exact) mass is 393 g/mol. The summed E-state index contributed by atoms with van der Waals surface area (Å²) in [4.78, 5) is 19.9. The van der Waals surface area contributed by atoms with Crippen molar-refractivity contribution in [3.63, 3.8) is 0 Å². The molecule has 1 fully saturated rings. The number of hydrogen-bond donors (Lipinski definition) is 4. The second-order valence-corrected chi connectivity index (χ2v) is 6.66. The highest BCUT2D eigenvalue weighted by molar-refractivity contribution is 5.89. The maximum atomic E-state index is 11.9. The lowest BCUT2D eigenvalue weighted by atomic mass is 9.92. The summed E-state index contributed by atoms with van der Waals surface area (Å²) in [6.45, 7) is 2.96. The van der Waals surface area contributed by atoms with Gasteiger partial charge >= 0.3 is 6.09 Å². The molecule has 1 saturated heterocycles. The molecular formula is C17H23N5O6. The number of aliphatic hydroxyl groups excluding tert-OH is 3. The van der Waals surface area contributed by atoms with Gasteiger partial charge in [-0.1, -0.05) is 0 Å². The highest BCUT2D eigenvalue weighted by Gasteiger charge is 2.55. The van der Waals surface area contributed by atoms with E-state index in [2.05, 4.69) is 20.4 Å². The standard InChI is InChI=1S/C17H23N5O6/c1-9(2)27-16(26)21-15-10-4-5-12(22(10)20-8-19-15)17(7-18-3)14(25)13(24)11(6-23)28-17/h4-5,7-9,11,13-14,23-25H,6H2,1-3H3,(H,19,20,21,26)/t11-,13-,14-,17+/m1/s1. The zero-order chi connectivity index (χ0) is 20.5. The van der Waals surface area contributed by atoms with E-state index in [-0.39, 0.29) is 11.9 Å². The zero-order valence-electron chi connectivity index (χ0n) is 15.7. The van der Waals surface area contributed by atoms with Crippen molar-refractivity contribution in [2.24, 2.45) is 4.99 Å². The number of fused-ring (bicyclic) bond motifs is 1. The van der Waals surface area contributed by atoms with Crippen LogP contribution in [-0.4, -0.2) is 80.3 Å². The Bertz CT molecular complexity index is 884. The Morgan fingerprint density at radius 3 is 2.86 bits per heavy atom. The highest BCUT2D eigenvalue weighted by Crippen LogP contribution is 2.39. The van der Waals surface area contributed by atoms with Gasteiger partial charge in [-0.25, -0.2) is 14.3 Å². The Balaban J connectivity index is 2.06. The molecular weight excluding hydrogens is 370 g/mol. The topological polar surface area (TPSA) is 151 Å². The number of carbonyl (C=O) groups is 1. The lowest BCUT2D eigenvalue weighted by molar-refractivity contribution is -0.0536. The molecule has 0 aliphatic carbocycles. The van der Waals surface area contributed by atoms with Crippen LogP contribution < -0.4 is 5.32 Å². The number of nitrogens with one attached hydrogen (secondary N) is 1. The molecule has 0 aromatic carbocycles. The van der Waals surface area contributed by atoms with E-state index in [1.807, 2.05) is 0 Å². The van der Waals surface area contributed by atoms with Crippen LogP contribution in [0.3, 0.4) is 0 Å². The number of aliphatic imine (C=N–C) groups is 1. The van der Waals surface area contributed by atoms with Crippen molar-refractivity contribution in [3.8, 4) is 0 Å². The van der Waals surface area contributed by atoms with Crippen LogP contribution in [0.1, 0.15) is 19.5 Å². The average Bonchev–Trinajstić information content (AvgIpc) is 3.18. The smallest absolute Gasteiger partial charge is 0.413 e. The molecule has 2 aromatic rings. The molecule has 0 spiro atoms. The zero-order valence-corrected chi connectivity index (χ0v) is 15.7.